The number of piperidine rings is 1. The van der Waals surface area contributed by atoms with Gasteiger partial charge in [0.2, 0.25) is 0 Å². The van der Waals surface area contributed by atoms with Crippen LogP contribution < -0.4 is 14.8 Å². The number of ether oxygens (including phenoxy) is 4. The molecular weight excluding hydrogens is 509 g/mol. The predicted octanol–water partition coefficient (Wildman–Crippen LogP) is 3.71. The Morgan fingerprint density at radius 2 is 2.03 bits per heavy atom. The lowest BCUT2D eigenvalue weighted by molar-refractivity contribution is -0.0367. The standard InChI is InChI=1S/C23H37N3O4.HI/c1-4-24-23(25-16-18(2)30-21-8-5-7-20(15-21)27-3)26-12-10-19(11-13-26)29-17-22-9-6-14-28-22;/h5,7-8,15,18-19,22H,4,6,9-14,16-17H2,1-3H3,(H,24,25);1H. The number of benzene rings is 1. The van der Waals surface area contributed by atoms with E-state index in [0.717, 1.165) is 76.0 Å². The van der Waals surface area contributed by atoms with Crippen LogP contribution in [0.1, 0.15) is 39.5 Å². The molecule has 8 heteroatoms. The number of likely N-dealkylation sites (tertiary alicyclic amines) is 1. The monoisotopic (exact) mass is 547 g/mol. The Morgan fingerprint density at radius 3 is 2.71 bits per heavy atom. The molecule has 2 fully saturated rings. The minimum atomic E-state index is -0.0296. The summed E-state index contributed by atoms with van der Waals surface area (Å²) < 4.78 is 23.0. The SMILES string of the molecule is CCNC(=NCC(C)Oc1cccc(OC)c1)N1CCC(OCC2CCCO2)CC1.I. The van der Waals surface area contributed by atoms with Crippen LogP contribution in [-0.2, 0) is 9.47 Å². The summed E-state index contributed by atoms with van der Waals surface area (Å²) in [5.41, 5.74) is 0. The Bertz CT molecular complexity index is 662. The van der Waals surface area contributed by atoms with Crippen LogP contribution in [0.5, 0.6) is 11.5 Å². The maximum atomic E-state index is 6.10. The second kappa shape index (κ2) is 14.0. The average molecular weight is 547 g/mol. The first kappa shape index (κ1) is 26.0. The number of hydrogen-bond acceptors (Lipinski definition) is 5. The summed E-state index contributed by atoms with van der Waals surface area (Å²) >= 11 is 0. The fourth-order valence-corrected chi connectivity index (χ4v) is 3.84. The summed E-state index contributed by atoms with van der Waals surface area (Å²) in [4.78, 5) is 7.15. The molecule has 31 heavy (non-hydrogen) atoms. The highest BCUT2D eigenvalue weighted by molar-refractivity contribution is 14.0. The van der Waals surface area contributed by atoms with Crippen molar-refractivity contribution in [1.82, 2.24) is 10.2 Å². The van der Waals surface area contributed by atoms with E-state index in [9.17, 15) is 0 Å². The highest BCUT2D eigenvalue weighted by Gasteiger charge is 2.24. The summed E-state index contributed by atoms with van der Waals surface area (Å²) in [5, 5.41) is 3.42. The fourth-order valence-electron chi connectivity index (χ4n) is 3.84. The molecule has 0 amide bonds. The lowest BCUT2D eigenvalue weighted by Gasteiger charge is -2.34. The number of nitrogens with zero attached hydrogens (tertiary/aromatic N) is 2. The summed E-state index contributed by atoms with van der Waals surface area (Å²) in [6.07, 6.45) is 4.93. The highest BCUT2D eigenvalue weighted by Crippen LogP contribution is 2.20. The summed E-state index contributed by atoms with van der Waals surface area (Å²) in [6.45, 7) is 9.10. The number of nitrogens with one attached hydrogen (secondary N) is 1. The van der Waals surface area contributed by atoms with Gasteiger partial charge in [-0.1, -0.05) is 6.07 Å². The van der Waals surface area contributed by atoms with Crippen LogP contribution in [0, 0.1) is 0 Å². The van der Waals surface area contributed by atoms with Gasteiger partial charge in [-0.2, -0.15) is 0 Å². The summed E-state index contributed by atoms with van der Waals surface area (Å²) in [5.74, 6) is 2.54. The van der Waals surface area contributed by atoms with Crippen molar-refractivity contribution < 1.29 is 18.9 Å². The van der Waals surface area contributed by atoms with Crippen molar-refractivity contribution in [3.05, 3.63) is 24.3 Å². The van der Waals surface area contributed by atoms with Crippen molar-refractivity contribution in [1.29, 1.82) is 0 Å². The first-order valence-electron chi connectivity index (χ1n) is 11.2. The van der Waals surface area contributed by atoms with Crippen LogP contribution >= 0.6 is 24.0 Å². The van der Waals surface area contributed by atoms with E-state index < -0.39 is 0 Å². The third-order valence-electron chi connectivity index (χ3n) is 5.49. The number of rotatable bonds is 9. The number of halogens is 1. The van der Waals surface area contributed by atoms with E-state index >= 15 is 0 Å². The van der Waals surface area contributed by atoms with Crippen molar-refractivity contribution in [2.24, 2.45) is 4.99 Å². The molecule has 0 radical (unpaired) electrons. The van der Waals surface area contributed by atoms with Crippen LogP contribution in [0.3, 0.4) is 0 Å². The van der Waals surface area contributed by atoms with Crippen LogP contribution in [-0.4, -0.2) is 75.7 Å². The Balaban J connectivity index is 0.00000341. The molecule has 2 unspecified atom stereocenters. The van der Waals surface area contributed by atoms with Crippen molar-refractivity contribution in [2.45, 2.75) is 57.8 Å². The van der Waals surface area contributed by atoms with Gasteiger partial charge >= 0.3 is 0 Å². The third-order valence-corrected chi connectivity index (χ3v) is 5.49. The van der Waals surface area contributed by atoms with Crippen molar-refractivity contribution in [3.8, 4) is 11.5 Å². The van der Waals surface area contributed by atoms with E-state index in [-0.39, 0.29) is 30.1 Å². The first-order chi connectivity index (χ1) is 14.7. The number of hydrogen-bond donors (Lipinski definition) is 1. The molecule has 0 spiro atoms. The molecule has 2 aliphatic rings. The maximum Gasteiger partial charge on any atom is 0.194 e. The Labute approximate surface area is 203 Å². The summed E-state index contributed by atoms with van der Waals surface area (Å²) in [6, 6.07) is 7.68. The normalized spacial score (nSPS) is 20.8. The smallest absolute Gasteiger partial charge is 0.194 e. The molecule has 3 rings (SSSR count). The molecule has 2 heterocycles. The lowest BCUT2D eigenvalue weighted by Crippen LogP contribution is -2.47. The van der Waals surface area contributed by atoms with Crippen LogP contribution in [0.15, 0.2) is 29.3 Å². The van der Waals surface area contributed by atoms with Crippen LogP contribution in [0.25, 0.3) is 0 Å². The minimum absolute atomic E-state index is 0. The molecule has 0 aliphatic carbocycles. The van der Waals surface area contributed by atoms with Gasteiger partial charge in [0.1, 0.15) is 17.6 Å². The van der Waals surface area contributed by atoms with E-state index in [1.54, 1.807) is 7.11 Å². The van der Waals surface area contributed by atoms with Gasteiger partial charge in [-0.25, -0.2) is 4.99 Å². The van der Waals surface area contributed by atoms with E-state index in [0.29, 0.717) is 18.8 Å². The van der Waals surface area contributed by atoms with E-state index in [2.05, 4.69) is 17.1 Å². The van der Waals surface area contributed by atoms with Gasteiger partial charge in [-0.15, -0.1) is 24.0 Å². The summed E-state index contributed by atoms with van der Waals surface area (Å²) in [7, 11) is 1.66. The molecule has 2 saturated heterocycles. The number of methoxy groups -OCH3 is 1. The lowest BCUT2D eigenvalue weighted by atomic mass is 10.1. The van der Waals surface area contributed by atoms with Crippen LogP contribution in [0.2, 0.25) is 0 Å². The van der Waals surface area contributed by atoms with E-state index in [4.69, 9.17) is 23.9 Å². The minimum Gasteiger partial charge on any atom is -0.497 e. The highest BCUT2D eigenvalue weighted by atomic mass is 127. The number of guanidine groups is 1. The molecule has 0 saturated carbocycles. The molecule has 2 aliphatic heterocycles. The van der Waals surface area contributed by atoms with E-state index in [1.165, 1.54) is 0 Å². The van der Waals surface area contributed by atoms with Gasteiger partial charge in [0, 0.05) is 32.3 Å². The predicted molar refractivity (Wildman–Crippen MR) is 134 cm³/mol. The zero-order valence-corrected chi connectivity index (χ0v) is 21.4. The second-order valence-corrected chi connectivity index (χ2v) is 7.96. The Kier molecular flexibility index (Phi) is 11.7. The molecule has 7 nitrogen and oxygen atoms in total. The molecule has 1 aromatic rings. The third kappa shape index (κ3) is 8.65. The van der Waals surface area contributed by atoms with Gasteiger partial charge in [0.15, 0.2) is 5.96 Å². The zero-order chi connectivity index (χ0) is 21.2. The van der Waals surface area contributed by atoms with Gasteiger partial charge in [-0.3, -0.25) is 0 Å². The molecule has 2 atom stereocenters. The van der Waals surface area contributed by atoms with E-state index in [1.807, 2.05) is 31.2 Å². The van der Waals surface area contributed by atoms with Gasteiger partial charge in [-0.05, 0) is 51.7 Å². The topological polar surface area (TPSA) is 64.6 Å². The molecule has 0 bridgehead atoms. The van der Waals surface area contributed by atoms with Gasteiger partial charge < -0.3 is 29.2 Å². The molecule has 1 aromatic carbocycles. The quantitative estimate of drug-likeness (QED) is 0.289. The maximum absolute atomic E-state index is 6.10. The van der Waals surface area contributed by atoms with Crippen molar-refractivity contribution in [2.75, 3.05) is 46.5 Å². The average Bonchev–Trinajstić information content (AvgIpc) is 3.29. The molecule has 176 valence electrons. The largest absolute Gasteiger partial charge is 0.497 e. The van der Waals surface area contributed by atoms with Crippen molar-refractivity contribution in [3.63, 3.8) is 0 Å². The Hall–Kier alpha value is -1.26. The van der Waals surface area contributed by atoms with Crippen LogP contribution in [0.4, 0.5) is 0 Å². The van der Waals surface area contributed by atoms with Gasteiger partial charge in [0.05, 0.1) is 32.5 Å². The Morgan fingerprint density at radius 1 is 1.26 bits per heavy atom. The second-order valence-electron chi connectivity index (χ2n) is 7.96. The van der Waals surface area contributed by atoms with Gasteiger partial charge in [0.25, 0.3) is 0 Å². The fraction of sp³-hybridized carbons (Fsp3) is 0.696. The zero-order valence-electron chi connectivity index (χ0n) is 19.0. The molecule has 1 N–H and O–H groups in total. The first-order valence-corrected chi connectivity index (χ1v) is 11.2. The molecular formula is C23H38IN3O4. The molecule has 0 aromatic heterocycles. The van der Waals surface area contributed by atoms with Crippen molar-refractivity contribution >= 4 is 29.9 Å². The number of aliphatic imine (C=N–C) groups is 1.